The Morgan fingerprint density at radius 3 is 1.83 bits per heavy atom. The summed E-state index contributed by atoms with van der Waals surface area (Å²) in [6.45, 7) is 4.29. The maximum absolute atomic E-state index is 14.2. The third kappa shape index (κ3) is 5.56. The number of hydrogen-bond donors (Lipinski definition) is 1. The monoisotopic (exact) mass is 403 g/mol. The van der Waals surface area contributed by atoms with Crippen molar-refractivity contribution in [1.82, 2.24) is 5.09 Å². The molecule has 0 radical (unpaired) electrons. The summed E-state index contributed by atoms with van der Waals surface area (Å²) in [6.07, 6.45) is 5.17. The second-order valence-electron chi connectivity index (χ2n) is 7.34. The molecule has 0 bridgehead atoms. The maximum atomic E-state index is 14.2. The molecule has 29 heavy (non-hydrogen) atoms. The van der Waals surface area contributed by atoms with Crippen molar-refractivity contribution in [2.75, 3.05) is 0 Å². The Labute approximate surface area is 175 Å². The van der Waals surface area contributed by atoms with Gasteiger partial charge in [0.05, 0.1) is 0 Å². The molecule has 150 valence electrons. The van der Waals surface area contributed by atoms with E-state index in [1.54, 1.807) is 0 Å². The zero-order chi connectivity index (χ0) is 20.5. The molecule has 0 spiro atoms. The molecule has 0 saturated heterocycles. The summed E-state index contributed by atoms with van der Waals surface area (Å²) >= 11 is 0. The third-order valence-corrected chi connectivity index (χ3v) is 8.00. The van der Waals surface area contributed by atoms with Gasteiger partial charge >= 0.3 is 0 Å². The minimum absolute atomic E-state index is 0.0667. The quantitative estimate of drug-likeness (QED) is 0.358. The summed E-state index contributed by atoms with van der Waals surface area (Å²) in [6, 6.07) is 30.2. The van der Waals surface area contributed by atoms with E-state index in [0.717, 1.165) is 29.9 Å². The van der Waals surface area contributed by atoms with Gasteiger partial charge in [-0.2, -0.15) is 0 Å². The van der Waals surface area contributed by atoms with E-state index in [1.165, 1.54) is 11.1 Å². The highest BCUT2D eigenvalue weighted by Gasteiger charge is 2.29. The molecule has 0 aromatic heterocycles. The van der Waals surface area contributed by atoms with Crippen LogP contribution >= 0.6 is 7.29 Å². The first-order valence-corrected chi connectivity index (χ1v) is 12.0. The van der Waals surface area contributed by atoms with Crippen LogP contribution in [-0.2, 0) is 11.0 Å². The van der Waals surface area contributed by atoms with Crippen LogP contribution in [-0.4, -0.2) is 6.04 Å². The largest absolute Gasteiger partial charge is 0.297 e. The molecule has 0 unspecified atom stereocenters. The van der Waals surface area contributed by atoms with Crippen molar-refractivity contribution in [3.8, 4) is 0 Å². The zero-order valence-corrected chi connectivity index (χ0v) is 18.2. The molecule has 0 aliphatic rings. The predicted molar refractivity (Wildman–Crippen MR) is 125 cm³/mol. The molecule has 1 N–H and O–H groups in total. The van der Waals surface area contributed by atoms with Crippen molar-refractivity contribution in [3.05, 3.63) is 108 Å². The highest BCUT2D eigenvalue weighted by molar-refractivity contribution is 7.76. The van der Waals surface area contributed by atoms with Gasteiger partial charge in [0.25, 0.3) is 0 Å². The number of nitrogens with one attached hydrogen (secondary N) is 1. The van der Waals surface area contributed by atoms with Crippen LogP contribution in [0.4, 0.5) is 0 Å². The van der Waals surface area contributed by atoms with Gasteiger partial charge in [-0.1, -0.05) is 85.3 Å². The van der Waals surface area contributed by atoms with E-state index in [4.69, 9.17) is 0 Å². The molecule has 2 nitrogen and oxygen atoms in total. The highest BCUT2D eigenvalue weighted by atomic mass is 31.2. The summed E-state index contributed by atoms with van der Waals surface area (Å²) in [5.74, 6) is 0. The smallest absolute Gasteiger partial charge is 0.205 e. The lowest BCUT2D eigenvalue weighted by molar-refractivity contribution is 0.564. The molecular formula is C26H30NOP. The highest BCUT2D eigenvalue weighted by Crippen LogP contribution is 2.40. The van der Waals surface area contributed by atoms with Crippen LogP contribution in [0.3, 0.4) is 0 Å². The van der Waals surface area contributed by atoms with Crippen molar-refractivity contribution in [3.63, 3.8) is 0 Å². The minimum atomic E-state index is -2.93. The lowest BCUT2D eigenvalue weighted by Crippen LogP contribution is -2.35. The Morgan fingerprint density at radius 2 is 1.34 bits per heavy atom. The summed E-state index contributed by atoms with van der Waals surface area (Å²) < 4.78 is 14.2. The molecule has 3 aromatic rings. The molecule has 3 rings (SSSR count). The van der Waals surface area contributed by atoms with E-state index >= 15 is 0 Å². The molecule has 0 fully saturated rings. The van der Waals surface area contributed by atoms with Gasteiger partial charge in [-0.15, -0.1) is 0 Å². The van der Waals surface area contributed by atoms with E-state index in [9.17, 15) is 4.57 Å². The second-order valence-corrected chi connectivity index (χ2v) is 9.85. The van der Waals surface area contributed by atoms with Crippen molar-refractivity contribution >= 4 is 17.9 Å². The summed E-state index contributed by atoms with van der Waals surface area (Å²) in [5, 5.41) is 5.25. The lowest BCUT2D eigenvalue weighted by Gasteiger charge is -2.27. The van der Waals surface area contributed by atoms with Crippen LogP contribution in [0.15, 0.2) is 103 Å². The Hall–Kier alpha value is -2.41. The third-order valence-electron chi connectivity index (χ3n) is 5.28. The number of rotatable bonds is 9. The predicted octanol–water partition coefficient (Wildman–Crippen LogP) is 5.86. The molecule has 0 aliphatic heterocycles. The molecule has 1 atom stereocenters. The molecule has 0 heterocycles. The van der Waals surface area contributed by atoms with Gasteiger partial charge in [-0.05, 0) is 56.0 Å². The van der Waals surface area contributed by atoms with Gasteiger partial charge in [0.2, 0.25) is 7.29 Å². The Balaban J connectivity index is 1.81. The fourth-order valence-corrected chi connectivity index (χ4v) is 6.17. The van der Waals surface area contributed by atoms with Crippen LogP contribution in [0.5, 0.6) is 0 Å². The minimum Gasteiger partial charge on any atom is -0.297 e. The van der Waals surface area contributed by atoms with Crippen molar-refractivity contribution in [1.29, 1.82) is 0 Å². The maximum Gasteiger partial charge on any atom is 0.205 e. The Kier molecular flexibility index (Phi) is 7.63. The van der Waals surface area contributed by atoms with Crippen molar-refractivity contribution < 1.29 is 4.57 Å². The normalized spacial score (nSPS) is 13.2. The van der Waals surface area contributed by atoms with Crippen LogP contribution in [0.2, 0.25) is 0 Å². The Morgan fingerprint density at radius 1 is 0.862 bits per heavy atom. The van der Waals surface area contributed by atoms with Crippen LogP contribution in [0.25, 0.3) is 0 Å². The van der Waals surface area contributed by atoms with E-state index in [1.807, 2.05) is 66.7 Å². The van der Waals surface area contributed by atoms with Crippen LogP contribution in [0, 0.1) is 0 Å². The molecular weight excluding hydrogens is 373 g/mol. The number of aryl methyl sites for hydroxylation is 1. The van der Waals surface area contributed by atoms with Crippen LogP contribution < -0.4 is 15.7 Å². The number of hydrogen-bond acceptors (Lipinski definition) is 1. The van der Waals surface area contributed by atoms with Gasteiger partial charge < -0.3 is 0 Å². The molecule has 0 aliphatic carbocycles. The van der Waals surface area contributed by atoms with E-state index in [2.05, 4.69) is 49.3 Å². The SMILES string of the molecule is CC[C@@H](NP(=O)(c1ccccc1)c1ccccc1)/C(C)=C/CCc1ccccc1. The van der Waals surface area contributed by atoms with Crippen molar-refractivity contribution in [2.45, 2.75) is 39.2 Å². The summed E-state index contributed by atoms with van der Waals surface area (Å²) in [4.78, 5) is 0. The Bertz CT molecular complexity index is 908. The second kappa shape index (κ2) is 10.4. The van der Waals surface area contributed by atoms with Crippen LogP contribution in [0.1, 0.15) is 32.3 Å². The molecule has 0 amide bonds. The summed E-state index contributed by atoms with van der Waals surface area (Å²) in [7, 11) is -2.93. The van der Waals surface area contributed by atoms with Gasteiger partial charge in [0, 0.05) is 16.7 Å². The standard InChI is InChI=1S/C26H30NOP/c1-3-26(22(2)14-13-17-23-15-7-4-8-16-23)27-29(28,24-18-9-5-10-19-24)25-20-11-6-12-21-25/h4-12,14-16,18-21,26H,3,13,17H2,1-2H3,(H,27,28)/b22-14+/t26-/m1/s1. The lowest BCUT2D eigenvalue weighted by atomic mass is 10.0. The number of benzene rings is 3. The van der Waals surface area contributed by atoms with Crippen molar-refractivity contribution in [2.24, 2.45) is 0 Å². The first kappa shape index (κ1) is 21.3. The first-order valence-electron chi connectivity index (χ1n) is 10.3. The first-order chi connectivity index (χ1) is 14.1. The van der Waals surface area contributed by atoms with E-state index in [0.29, 0.717) is 0 Å². The van der Waals surface area contributed by atoms with Gasteiger partial charge in [-0.3, -0.25) is 9.65 Å². The van der Waals surface area contributed by atoms with E-state index in [-0.39, 0.29) is 6.04 Å². The zero-order valence-electron chi connectivity index (χ0n) is 17.3. The molecule has 0 saturated carbocycles. The average Bonchev–Trinajstić information content (AvgIpc) is 2.79. The average molecular weight is 404 g/mol. The fourth-order valence-electron chi connectivity index (χ4n) is 3.56. The summed E-state index contributed by atoms with van der Waals surface area (Å²) in [5.41, 5.74) is 2.59. The van der Waals surface area contributed by atoms with Gasteiger partial charge in [0.15, 0.2) is 0 Å². The molecule has 3 heteroatoms. The van der Waals surface area contributed by atoms with E-state index < -0.39 is 7.29 Å². The van der Waals surface area contributed by atoms with Gasteiger partial charge in [0.1, 0.15) is 0 Å². The van der Waals surface area contributed by atoms with Gasteiger partial charge in [-0.25, -0.2) is 0 Å². The fraction of sp³-hybridized carbons (Fsp3) is 0.231. The number of allylic oxidation sites excluding steroid dienone is 1. The topological polar surface area (TPSA) is 29.1 Å². The molecule has 3 aromatic carbocycles.